The van der Waals surface area contributed by atoms with Gasteiger partial charge in [-0.05, 0) is 43.2 Å². The fourth-order valence-electron chi connectivity index (χ4n) is 2.58. The third kappa shape index (κ3) is 6.89. The molecule has 0 aliphatic rings. The van der Waals surface area contributed by atoms with Crippen LogP contribution >= 0.6 is 23.2 Å². The number of sulfonamides is 1. The summed E-state index contributed by atoms with van der Waals surface area (Å²) in [6.45, 7) is 4.92. The molecule has 0 aromatic heterocycles. The lowest BCUT2D eigenvalue weighted by Gasteiger charge is -2.19. The third-order valence-corrected chi connectivity index (χ3v) is 5.00. The first-order valence-corrected chi connectivity index (χ1v) is 11.4. The Labute approximate surface area is 176 Å². The fraction of sp³-hybridized carbons (Fsp3) is 0.316. The van der Waals surface area contributed by atoms with Crippen molar-refractivity contribution < 1.29 is 8.42 Å². The predicted molar refractivity (Wildman–Crippen MR) is 118 cm³/mol. The number of hydrogen-bond donors (Lipinski definition) is 3. The van der Waals surface area contributed by atoms with Gasteiger partial charge in [0.15, 0.2) is 5.96 Å². The highest BCUT2D eigenvalue weighted by atomic mass is 35.5. The molecular weight excluding hydrogens is 419 g/mol. The Morgan fingerprint density at radius 1 is 1.18 bits per heavy atom. The minimum atomic E-state index is -3.37. The number of para-hydroxylation sites is 1. The average Bonchev–Trinajstić information content (AvgIpc) is 2.59. The van der Waals surface area contributed by atoms with Crippen LogP contribution in [0.4, 0.5) is 5.69 Å². The Morgan fingerprint density at radius 2 is 1.89 bits per heavy atom. The number of anilines is 1. The van der Waals surface area contributed by atoms with Crippen molar-refractivity contribution in [3.05, 3.63) is 63.6 Å². The van der Waals surface area contributed by atoms with Crippen LogP contribution in [0, 0.1) is 0 Å². The van der Waals surface area contributed by atoms with Gasteiger partial charge in [0, 0.05) is 16.6 Å². The minimum Gasteiger partial charge on any atom is -0.357 e. The molecule has 0 bridgehead atoms. The van der Waals surface area contributed by atoms with Crippen LogP contribution in [0.15, 0.2) is 47.5 Å². The van der Waals surface area contributed by atoms with E-state index in [0.29, 0.717) is 34.8 Å². The van der Waals surface area contributed by atoms with Crippen LogP contribution in [0.25, 0.3) is 0 Å². The summed E-state index contributed by atoms with van der Waals surface area (Å²) >= 11 is 12.3. The van der Waals surface area contributed by atoms with E-state index in [4.69, 9.17) is 23.2 Å². The van der Waals surface area contributed by atoms with Crippen LogP contribution < -0.4 is 15.4 Å². The molecule has 0 saturated heterocycles. The van der Waals surface area contributed by atoms with Crippen molar-refractivity contribution in [1.29, 1.82) is 0 Å². The molecule has 0 spiro atoms. The Kier molecular flexibility index (Phi) is 7.98. The number of halogens is 2. The molecule has 9 heteroatoms. The first-order chi connectivity index (χ1) is 13.2. The zero-order chi connectivity index (χ0) is 20.7. The number of nitrogens with one attached hydrogen (secondary N) is 3. The second kappa shape index (κ2) is 10.0. The Hall–Kier alpha value is -1.96. The SMILES string of the molecule is CCNC(=NCc1ccccc1NS(C)(=O)=O)NC(C)c1ccc(Cl)cc1Cl. The molecule has 0 amide bonds. The van der Waals surface area contributed by atoms with Crippen LogP contribution in [-0.4, -0.2) is 27.2 Å². The van der Waals surface area contributed by atoms with E-state index in [2.05, 4.69) is 20.3 Å². The van der Waals surface area contributed by atoms with Crippen molar-refractivity contribution in [2.45, 2.75) is 26.4 Å². The molecule has 1 atom stereocenters. The maximum atomic E-state index is 11.6. The van der Waals surface area contributed by atoms with Crippen molar-refractivity contribution in [1.82, 2.24) is 10.6 Å². The number of aliphatic imine (C=N–C) groups is 1. The summed E-state index contributed by atoms with van der Waals surface area (Å²) < 4.78 is 25.6. The zero-order valence-electron chi connectivity index (χ0n) is 16.0. The van der Waals surface area contributed by atoms with E-state index in [0.717, 1.165) is 17.4 Å². The second-order valence-corrected chi connectivity index (χ2v) is 8.85. The molecule has 3 N–H and O–H groups in total. The van der Waals surface area contributed by atoms with Gasteiger partial charge in [-0.1, -0.05) is 47.5 Å². The van der Waals surface area contributed by atoms with Crippen molar-refractivity contribution in [2.75, 3.05) is 17.5 Å². The number of rotatable bonds is 7. The maximum absolute atomic E-state index is 11.6. The molecule has 6 nitrogen and oxygen atoms in total. The van der Waals surface area contributed by atoms with Crippen molar-refractivity contribution in [3.63, 3.8) is 0 Å². The first kappa shape index (κ1) is 22.3. The quantitative estimate of drug-likeness (QED) is 0.443. The molecule has 28 heavy (non-hydrogen) atoms. The summed E-state index contributed by atoms with van der Waals surface area (Å²) in [5, 5.41) is 7.64. The molecule has 2 aromatic rings. The lowest BCUT2D eigenvalue weighted by atomic mass is 10.1. The minimum absolute atomic E-state index is 0.105. The predicted octanol–water partition coefficient (Wildman–Crippen LogP) is 4.18. The summed E-state index contributed by atoms with van der Waals surface area (Å²) in [5.41, 5.74) is 2.18. The van der Waals surface area contributed by atoms with Crippen molar-refractivity contribution in [2.24, 2.45) is 4.99 Å². The number of nitrogens with zero attached hydrogens (tertiary/aromatic N) is 1. The van der Waals surface area contributed by atoms with Crippen LogP contribution in [0.3, 0.4) is 0 Å². The molecular formula is C19H24Cl2N4O2S. The molecule has 2 aromatic carbocycles. The summed E-state index contributed by atoms with van der Waals surface area (Å²) in [7, 11) is -3.37. The van der Waals surface area contributed by atoms with Crippen LogP contribution in [0.2, 0.25) is 10.0 Å². The van der Waals surface area contributed by atoms with E-state index in [1.54, 1.807) is 24.3 Å². The van der Waals surface area contributed by atoms with Gasteiger partial charge >= 0.3 is 0 Å². The van der Waals surface area contributed by atoms with Gasteiger partial charge < -0.3 is 10.6 Å². The zero-order valence-corrected chi connectivity index (χ0v) is 18.3. The van der Waals surface area contributed by atoms with Crippen LogP contribution in [-0.2, 0) is 16.6 Å². The highest BCUT2D eigenvalue weighted by Crippen LogP contribution is 2.26. The van der Waals surface area contributed by atoms with Gasteiger partial charge in [-0.15, -0.1) is 0 Å². The Balaban J connectivity index is 2.19. The first-order valence-electron chi connectivity index (χ1n) is 8.75. The Bertz CT molecular complexity index is 949. The van der Waals surface area contributed by atoms with Gasteiger partial charge in [0.2, 0.25) is 10.0 Å². The molecule has 0 aliphatic carbocycles. The normalized spacial score (nSPS) is 13.1. The molecule has 1 unspecified atom stereocenters. The van der Waals surface area contributed by atoms with Gasteiger partial charge in [-0.25, -0.2) is 13.4 Å². The van der Waals surface area contributed by atoms with Gasteiger partial charge in [0.05, 0.1) is 24.5 Å². The molecule has 0 fully saturated rings. The fourth-order valence-corrected chi connectivity index (χ4v) is 3.75. The van der Waals surface area contributed by atoms with Gasteiger partial charge in [-0.3, -0.25) is 4.72 Å². The standard InChI is InChI=1S/C19H24Cl2N4O2S/c1-4-22-19(24-13(2)16-10-9-15(20)11-17(16)21)23-12-14-7-5-6-8-18(14)25-28(3,26)27/h5-11,13,25H,4,12H2,1-3H3,(H2,22,23,24). The third-order valence-electron chi connectivity index (χ3n) is 3.85. The molecule has 0 aliphatic heterocycles. The van der Waals surface area contributed by atoms with Gasteiger partial charge in [0.25, 0.3) is 0 Å². The number of guanidine groups is 1. The Morgan fingerprint density at radius 3 is 2.54 bits per heavy atom. The van der Waals surface area contributed by atoms with E-state index >= 15 is 0 Å². The highest BCUT2D eigenvalue weighted by molar-refractivity contribution is 7.92. The molecule has 0 saturated carbocycles. The summed E-state index contributed by atoms with van der Waals surface area (Å²) in [6.07, 6.45) is 1.12. The van der Waals surface area contributed by atoms with E-state index in [-0.39, 0.29) is 6.04 Å². The van der Waals surface area contributed by atoms with Gasteiger partial charge in [0.1, 0.15) is 0 Å². The monoisotopic (exact) mass is 442 g/mol. The van der Waals surface area contributed by atoms with E-state index < -0.39 is 10.0 Å². The summed E-state index contributed by atoms with van der Waals surface area (Å²) in [4.78, 5) is 4.58. The highest BCUT2D eigenvalue weighted by Gasteiger charge is 2.12. The number of benzene rings is 2. The molecule has 0 radical (unpaired) electrons. The van der Waals surface area contributed by atoms with Crippen molar-refractivity contribution >= 4 is 44.9 Å². The van der Waals surface area contributed by atoms with E-state index in [9.17, 15) is 8.42 Å². The topological polar surface area (TPSA) is 82.6 Å². The molecule has 0 heterocycles. The second-order valence-electron chi connectivity index (χ2n) is 6.26. The average molecular weight is 443 g/mol. The van der Waals surface area contributed by atoms with Crippen LogP contribution in [0.1, 0.15) is 31.0 Å². The molecule has 152 valence electrons. The summed E-state index contributed by atoms with van der Waals surface area (Å²) in [5.74, 6) is 0.593. The smallest absolute Gasteiger partial charge is 0.229 e. The van der Waals surface area contributed by atoms with E-state index in [1.807, 2.05) is 32.0 Å². The molecule has 2 rings (SSSR count). The lowest BCUT2D eigenvalue weighted by molar-refractivity contribution is 0.606. The van der Waals surface area contributed by atoms with Gasteiger partial charge in [-0.2, -0.15) is 0 Å². The lowest BCUT2D eigenvalue weighted by Crippen LogP contribution is -2.38. The van der Waals surface area contributed by atoms with E-state index in [1.165, 1.54) is 0 Å². The van der Waals surface area contributed by atoms with Crippen molar-refractivity contribution in [3.8, 4) is 0 Å². The maximum Gasteiger partial charge on any atom is 0.229 e. The largest absolute Gasteiger partial charge is 0.357 e. The number of hydrogen-bond acceptors (Lipinski definition) is 3. The summed E-state index contributed by atoms with van der Waals surface area (Å²) in [6, 6.07) is 12.4. The van der Waals surface area contributed by atoms with Crippen LogP contribution in [0.5, 0.6) is 0 Å².